The first kappa shape index (κ1) is 14.4. The van der Waals surface area contributed by atoms with Gasteiger partial charge in [0.1, 0.15) is 0 Å². The van der Waals surface area contributed by atoms with E-state index in [-0.39, 0.29) is 5.92 Å². The molecule has 0 aromatic heterocycles. The van der Waals surface area contributed by atoms with Crippen LogP contribution in [-0.2, 0) is 21.0 Å². The van der Waals surface area contributed by atoms with Gasteiger partial charge in [0, 0.05) is 48.5 Å². The van der Waals surface area contributed by atoms with Gasteiger partial charge >= 0.3 is 0 Å². The quantitative estimate of drug-likeness (QED) is 0.721. The second-order valence-electron chi connectivity index (χ2n) is 4.86. The molecule has 1 unspecified atom stereocenters. The summed E-state index contributed by atoms with van der Waals surface area (Å²) in [7, 11) is -4.23. The Bertz CT molecular complexity index is 403. The van der Waals surface area contributed by atoms with Crippen LogP contribution in [0.5, 0.6) is 0 Å². The molecule has 2 rings (SSSR count). The Kier molecular flexibility index (Phi) is 4.76. The van der Waals surface area contributed by atoms with Crippen molar-refractivity contribution in [2.75, 3.05) is 44.2 Å². The molecular weight excluding hydrogens is 274 g/mol. The average molecular weight is 295 g/mol. The number of hydrogen-bond acceptors (Lipinski definition) is 4. The molecule has 0 spiro atoms. The fraction of sp³-hybridized carbons (Fsp3) is 1.00. The maximum atomic E-state index is 12.4. The zero-order valence-electron chi connectivity index (χ0n) is 10.5. The van der Waals surface area contributed by atoms with Crippen molar-refractivity contribution >= 4 is 21.0 Å². The molecule has 6 nitrogen and oxygen atoms in total. The Morgan fingerprint density at radius 2 is 1.83 bits per heavy atom. The van der Waals surface area contributed by atoms with Crippen LogP contribution in [0, 0.1) is 5.92 Å². The van der Waals surface area contributed by atoms with Crippen molar-refractivity contribution in [3.05, 3.63) is 0 Å². The van der Waals surface area contributed by atoms with Gasteiger partial charge in [-0.3, -0.25) is 4.21 Å². The third kappa shape index (κ3) is 3.11. The van der Waals surface area contributed by atoms with E-state index >= 15 is 0 Å². The topological polar surface area (TPSA) is 83.7 Å². The number of nitrogens with two attached hydrogens (primary N) is 1. The predicted molar refractivity (Wildman–Crippen MR) is 71.7 cm³/mol. The summed E-state index contributed by atoms with van der Waals surface area (Å²) >= 11 is 0. The summed E-state index contributed by atoms with van der Waals surface area (Å²) < 4.78 is 39.1. The second kappa shape index (κ2) is 5.96. The normalized spacial score (nSPS) is 29.5. The first-order valence-electron chi connectivity index (χ1n) is 6.34. The minimum Gasteiger partial charge on any atom is -0.330 e. The highest BCUT2D eigenvalue weighted by Gasteiger charge is 2.34. The maximum absolute atomic E-state index is 12.4. The Morgan fingerprint density at radius 3 is 2.44 bits per heavy atom. The van der Waals surface area contributed by atoms with Crippen LogP contribution in [0.4, 0.5) is 0 Å². The van der Waals surface area contributed by atoms with Crippen LogP contribution >= 0.6 is 0 Å². The van der Waals surface area contributed by atoms with E-state index < -0.39 is 21.0 Å². The molecule has 2 heterocycles. The molecule has 0 amide bonds. The standard InChI is InChI=1S/C10H21N3O3S2/c11-8-10-2-1-3-13(9-10)18(15,16)12-4-6-17(14)7-5-12/h10H,1-9,11H2. The number of hydrogen-bond donors (Lipinski definition) is 1. The third-order valence-electron chi connectivity index (χ3n) is 3.60. The van der Waals surface area contributed by atoms with E-state index in [1.807, 2.05) is 0 Å². The van der Waals surface area contributed by atoms with Gasteiger partial charge in [-0.1, -0.05) is 0 Å². The molecule has 2 N–H and O–H groups in total. The zero-order chi connectivity index (χ0) is 13.2. The molecule has 106 valence electrons. The van der Waals surface area contributed by atoms with E-state index in [1.54, 1.807) is 4.31 Å². The Morgan fingerprint density at radius 1 is 1.17 bits per heavy atom. The molecule has 0 radical (unpaired) electrons. The fourth-order valence-corrected chi connectivity index (χ4v) is 5.46. The highest BCUT2D eigenvalue weighted by molar-refractivity contribution is 7.87. The monoisotopic (exact) mass is 295 g/mol. The van der Waals surface area contributed by atoms with Crippen molar-refractivity contribution in [1.82, 2.24) is 8.61 Å². The lowest BCUT2D eigenvalue weighted by Crippen LogP contribution is -2.52. The van der Waals surface area contributed by atoms with Crippen LogP contribution in [0.2, 0.25) is 0 Å². The van der Waals surface area contributed by atoms with Gasteiger partial charge in [0.05, 0.1) is 0 Å². The highest BCUT2D eigenvalue weighted by Crippen LogP contribution is 2.21. The van der Waals surface area contributed by atoms with Crippen molar-refractivity contribution in [3.8, 4) is 0 Å². The van der Waals surface area contributed by atoms with Gasteiger partial charge in [0.25, 0.3) is 10.2 Å². The molecule has 8 heteroatoms. The van der Waals surface area contributed by atoms with E-state index in [0.29, 0.717) is 44.2 Å². The number of nitrogens with zero attached hydrogens (tertiary/aromatic N) is 2. The summed E-state index contributed by atoms with van der Waals surface area (Å²) in [5.41, 5.74) is 5.63. The van der Waals surface area contributed by atoms with Crippen LogP contribution in [0.1, 0.15) is 12.8 Å². The van der Waals surface area contributed by atoms with Crippen molar-refractivity contribution in [2.24, 2.45) is 11.7 Å². The van der Waals surface area contributed by atoms with E-state index in [4.69, 9.17) is 5.73 Å². The second-order valence-corrected chi connectivity index (χ2v) is 8.48. The lowest BCUT2D eigenvalue weighted by Gasteiger charge is -2.36. The molecule has 0 aromatic carbocycles. The van der Waals surface area contributed by atoms with Gasteiger partial charge in [-0.05, 0) is 25.3 Å². The molecule has 2 aliphatic rings. The SMILES string of the molecule is NCC1CCCN(S(=O)(=O)N2CCS(=O)CC2)C1. The molecule has 0 saturated carbocycles. The summed E-state index contributed by atoms with van der Waals surface area (Å²) in [6, 6.07) is 0. The van der Waals surface area contributed by atoms with Crippen molar-refractivity contribution in [2.45, 2.75) is 12.8 Å². The van der Waals surface area contributed by atoms with E-state index in [0.717, 1.165) is 12.8 Å². The summed E-state index contributed by atoms with van der Waals surface area (Å²) in [5.74, 6) is 1.17. The minimum absolute atomic E-state index is 0.271. The summed E-state index contributed by atoms with van der Waals surface area (Å²) in [4.78, 5) is 0. The van der Waals surface area contributed by atoms with Crippen LogP contribution in [0.3, 0.4) is 0 Å². The van der Waals surface area contributed by atoms with Gasteiger partial charge in [-0.2, -0.15) is 17.0 Å². The fourth-order valence-electron chi connectivity index (χ4n) is 2.44. The molecule has 1 atom stereocenters. The number of piperidine rings is 1. The molecule has 0 bridgehead atoms. The van der Waals surface area contributed by atoms with E-state index in [2.05, 4.69) is 0 Å². The average Bonchev–Trinajstić information content (AvgIpc) is 2.39. The lowest BCUT2D eigenvalue weighted by molar-refractivity contribution is 0.252. The van der Waals surface area contributed by atoms with Crippen LogP contribution in [0.15, 0.2) is 0 Å². The van der Waals surface area contributed by atoms with Crippen molar-refractivity contribution in [1.29, 1.82) is 0 Å². The van der Waals surface area contributed by atoms with Crippen molar-refractivity contribution in [3.63, 3.8) is 0 Å². The number of rotatable bonds is 3. The lowest BCUT2D eigenvalue weighted by atomic mass is 10.0. The van der Waals surface area contributed by atoms with Crippen molar-refractivity contribution < 1.29 is 12.6 Å². The molecule has 2 saturated heterocycles. The molecule has 18 heavy (non-hydrogen) atoms. The van der Waals surface area contributed by atoms with Gasteiger partial charge in [-0.25, -0.2) is 0 Å². The van der Waals surface area contributed by atoms with Gasteiger partial charge in [-0.15, -0.1) is 0 Å². The summed E-state index contributed by atoms with van der Waals surface area (Å²) in [6.07, 6.45) is 1.88. The summed E-state index contributed by atoms with van der Waals surface area (Å²) in [5, 5.41) is 0. The van der Waals surface area contributed by atoms with E-state index in [1.165, 1.54) is 4.31 Å². The van der Waals surface area contributed by atoms with Crippen LogP contribution in [0.25, 0.3) is 0 Å². The predicted octanol–water partition coefficient (Wildman–Crippen LogP) is -1.03. The summed E-state index contributed by atoms with van der Waals surface area (Å²) in [6.45, 7) is 2.39. The third-order valence-corrected chi connectivity index (χ3v) is 6.88. The Hall–Kier alpha value is -0.0200. The molecule has 2 fully saturated rings. The first-order chi connectivity index (χ1) is 8.54. The zero-order valence-corrected chi connectivity index (χ0v) is 12.1. The first-order valence-corrected chi connectivity index (χ1v) is 9.23. The van der Waals surface area contributed by atoms with Crippen LogP contribution in [-0.4, -0.2) is 65.5 Å². The molecule has 0 aromatic rings. The smallest absolute Gasteiger partial charge is 0.282 e. The Balaban J connectivity index is 2.03. The minimum atomic E-state index is -3.37. The van der Waals surface area contributed by atoms with Gasteiger partial charge in [0.2, 0.25) is 0 Å². The van der Waals surface area contributed by atoms with Crippen LogP contribution < -0.4 is 5.73 Å². The maximum Gasteiger partial charge on any atom is 0.282 e. The highest BCUT2D eigenvalue weighted by atomic mass is 32.2. The van der Waals surface area contributed by atoms with E-state index in [9.17, 15) is 12.6 Å². The Labute approximate surface area is 111 Å². The largest absolute Gasteiger partial charge is 0.330 e. The van der Waals surface area contributed by atoms with Gasteiger partial charge in [0.15, 0.2) is 0 Å². The van der Waals surface area contributed by atoms with Gasteiger partial charge < -0.3 is 5.73 Å². The molecule has 2 aliphatic heterocycles. The molecular formula is C10H21N3O3S2. The molecule has 0 aliphatic carbocycles.